The topological polar surface area (TPSA) is 74.0 Å². The van der Waals surface area contributed by atoms with E-state index < -0.39 is 0 Å². The van der Waals surface area contributed by atoms with Crippen LogP contribution in [-0.2, 0) is 17.6 Å². The van der Waals surface area contributed by atoms with Crippen LogP contribution in [-0.4, -0.2) is 39.3 Å². The molecule has 0 radical (unpaired) electrons. The van der Waals surface area contributed by atoms with Crippen molar-refractivity contribution in [3.8, 4) is 17.2 Å². The van der Waals surface area contributed by atoms with E-state index >= 15 is 0 Å². The Morgan fingerprint density at radius 1 is 1.00 bits per heavy atom. The standard InChI is InChI=1S/C28H30Cl2N2O4/c1-34-23-11-12-26-20(17-23)4-3-13-32(26)28(33)21(18-31)16-19-7-9-22(10-8-19)35-14-15-36-27-24(29)5-2-6-25(27)30/h2,5-12,17,21H,3-4,13-16,18,31H2,1H3. The van der Waals surface area contributed by atoms with Gasteiger partial charge in [-0.05, 0) is 72.9 Å². The van der Waals surface area contributed by atoms with Crippen molar-refractivity contribution in [2.24, 2.45) is 11.7 Å². The van der Waals surface area contributed by atoms with Gasteiger partial charge in [0.1, 0.15) is 24.7 Å². The molecule has 36 heavy (non-hydrogen) atoms. The molecular formula is C28H30Cl2N2O4. The zero-order valence-electron chi connectivity index (χ0n) is 20.2. The average Bonchev–Trinajstić information content (AvgIpc) is 2.90. The third-order valence-electron chi connectivity index (χ3n) is 6.23. The quantitative estimate of drug-likeness (QED) is 0.349. The maximum atomic E-state index is 13.4. The number of hydrogen-bond donors (Lipinski definition) is 1. The number of amides is 1. The SMILES string of the molecule is COc1ccc2c(c1)CCCN2C(=O)C(CN)Cc1ccc(OCCOc2c(Cl)cccc2Cl)cc1. The molecule has 0 saturated heterocycles. The molecule has 3 aromatic rings. The Hall–Kier alpha value is -2.93. The molecule has 0 aromatic heterocycles. The van der Waals surface area contributed by atoms with Gasteiger partial charge in [0, 0.05) is 18.8 Å². The van der Waals surface area contributed by atoms with Gasteiger partial charge >= 0.3 is 0 Å². The van der Waals surface area contributed by atoms with E-state index in [-0.39, 0.29) is 18.4 Å². The van der Waals surface area contributed by atoms with Crippen LogP contribution in [0.15, 0.2) is 60.7 Å². The normalized spacial score (nSPS) is 13.6. The van der Waals surface area contributed by atoms with Gasteiger partial charge in [0.05, 0.1) is 23.1 Å². The summed E-state index contributed by atoms with van der Waals surface area (Å²) in [5, 5.41) is 0.923. The third kappa shape index (κ3) is 6.25. The first kappa shape index (κ1) is 26.1. The number of carbonyl (C=O) groups excluding carboxylic acids is 1. The van der Waals surface area contributed by atoms with Gasteiger partial charge in [-0.2, -0.15) is 0 Å². The Bertz CT molecular complexity index is 1170. The van der Waals surface area contributed by atoms with Crippen molar-refractivity contribution >= 4 is 34.8 Å². The summed E-state index contributed by atoms with van der Waals surface area (Å²) in [5.74, 6) is 1.72. The number of carbonyl (C=O) groups is 1. The zero-order chi connectivity index (χ0) is 25.5. The van der Waals surface area contributed by atoms with Crippen molar-refractivity contribution in [1.82, 2.24) is 0 Å². The summed E-state index contributed by atoms with van der Waals surface area (Å²) in [4.78, 5) is 15.3. The van der Waals surface area contributed by atoms with E-state index in [0.717, 1.165) is 35.4 Å². The number of halogens is 2. The molecule has 3 aromatic carbocycles. The monoisotopic (exact) mass is 528 g/mol. The number of nitrogens with zero attached hydrogens (tertiary/aromatic N) is 1. The smallest absolute Gasteiger partial charge is 0.231 e. The molecule has 2 N–H and O–H groups in total. The highest BCUT2D eigenvalue weighted by Crippen LogP contribution is 2.33. The summed E-state index contributed by atoms with van der Waals surface area (Å²) in [5.41, 5.74) is 9.16. The summed E-state index contributed by atoms with van der Waals surface area (Å²) in [6, 6.07) is 18.8. The Kier molecular flexibility index (Phi) is 8.97. The van der Waals surface area contributed by atoms with Crippen LogP contribution in [0.3, 0.4) is 0 Å². The van der Waals surface area contributed by atoms with Crippen molar-refractivity contribution in [3.05, 3.63) is 81.8 Å². The first-order valence-electron chi connectivity index (χ1n) is 12.0. The molecule has 4 rings (SSSR count). The molecule has 1 atom stereocenters. The molecule has 1 unspecified atom stereocenters. The number of fused-ring (bicyclic) bond motifs is 1. The lowest BCUT2D eigenvalue weighted by atomic mass is 9.95. The van der Waals surface area contributed by atoms with Crippen molar-refractivity contribution in [3.63, 3.8) is 0 Å². The summed E-state index contributed by atoms with van der Waals surface area (Å²) in [6.45, 7) is 1.62. The number of nitrogens with two attached hydrogens (primary N) is 1. The molecule has 6 nitrogen and oxygen atoms in total. The fraction of sp³-hybridized carbons (Fsp3) is 0.321. The minimum absolute atomic E-state index is 0.0549. The average molecular weight is 529 g/mol. The number of rotatable bonds is 10. The fourth-order valence-corrected chi connectivity index (χ4v) is 4.86. The van der Waals surface area contributed by atoms with Crippen molar-refractivity contribution in [2.45, 2.75) is 19.3 Å². The van der Waals surface area contributed by atoms with E-state index in [4.69, 9.17) is 43.1 Å². The van der Waals surface area contributed by atoms with Gasteiger partial charge in [-0.3, -0.25) is 4.79 Å². The number of anilines is 1. The Labute approximate surface area is 221 Å². The van der Waals surface area contributed by atoms with Crippen LogP contribution in [0.1, 0.15) is 17.5 Å². The van der Waals surface area contributed by atoms with Gasteiger partial charge in [0.2, 0.25) is 5.91 Å². The predicted molar refractivity (Wildman–Crippen MR) is 144 cm³/mol. The van der Waals surface area contributed by atoms with Gasteiger partial charge < -0.3 is 24.8 Å². The van der Waals surface area contributed by atoms with E-state index in [1.807, 2.05) is 47.4 Å². The number of methoxy groups -OCH3 is 1. The third-order valence-corrected chi connectivity index (χ3v) is 6.82. The lowest BCUT2D eigenvalue weighted by Gasteiger charge is -2.32. The molecule has 0 saturated carbocycles. The number of hydrogen-bond acceptors (Lipinski definition) is 5. The van der Waals surface area contributed by atoms with Crippen LogP contribution in [0, 0.1) is 5.92 Å². The van der Waals surface area contributed by atoms with Gasteiger partial charge in [-0.1, -0.05) is 41.4 Å². The van der Waals surface area contributed by atoms with E-state index in [9.17, 15) is 4.79 Å². The van der Waals surface area contributed by atoms with E-state index in [0.29, 0.717) is 47.7 Å². The van der Waals surface area contributed by atoms with Crippen molar-refractivity contribution in [1.29, 1.82) is 0 Å². The second-order valence-electron chi connectivity index (χ2n) is 8.62. The van der Waals surface area contributed by atoms with E-state index in [1.54, 1.807) is 25.3 Å². The summed E-state index contributed by atoms with van der Waals surface area (Å²) in [6.07, 6.45) is 2.41. The number of ether oxygens (including phenoxy) is 3. The fourth-order valence-electron chi connectivity index (χ4n) is 4.35. The molecule has 0 aliphatic carbocycles. The first-order chi connectivity index (χ1) is 17.5. The molecule has 0 fully saturated rings. The molecule has 8 heteroatoms. The van der Waals surface area contributed by atoms with Gasteiger partial charge in [0.25, 0.3) is 0 Å². The predicted octanol–water partition coefficient (Wildman–Crippen LogP) is 5.56. The van der Waals surface area contributed by atoms with Gasteiger partial charge in [-0.25, -0.2) is 0 Å². The van der Waals surface area contributed by atoms with Crippen LogP contribution in [0.5, 0.6) is 17.2 Å². The zero-order valence-corrected chi connectivity index (χ0v) is 21.7. The Morgan fingerprint density at radius 2 is 1.69 bits per heavy atom. The summed E-state index contributed by atoms with van der Waals surface area (Å²) in [7, 11) is 1.65. The van der Waals surface area contributed by atoms with Crippen molar-refractivity contribution in [2.75, 3.05) is 38.3 Å². The van der Waals surface area contributed by atoms with E-state index in [1.165, 1.54) is 0 Å². The Morgan fingerprint density at radius 3 is 2.39 bits per heavy atom. The van der Waals surface area contributed by atoms with Crippen molar-refractivity contribution < 1.29 is 19.0 Å². The Balaban J connectivity index is 1.32. The highest BCUT2D eigenvalue weighted by atomic mass is 35.5. The lowest BCUT2D eigenvalue weighted by molar-refractivity contribution is -0.122. The summed E-state index contributed by atoms with van der Waals surface area (Å²) < 4.78 is 16.8. The second-order valence-corrected chi connectivity index (χ2v) is 9.43. The number of benzene rings is 3. The molecule has 190 valence electrons. The number of aryl methyl sites for hydroxylation is 1. The highest BCUT2D eigenvalue weighted by molar-refractivity contribution is 6.37. The van der Waals surface area contributed by atoms with Crippen LogP contribution in [0.4, 0.5) is 5.69 Å². The first-order valence-corrected chi connectivity index (χ1v) is 12.7. The summed E-state index contributed by atoms with van der Waals surface area (Å²) >= 11 is 12.2. The molecule has 0 bridgehead atoms. The highest BCUT2D eigenvalue weighted by Gasteiger charge is 2.28. The van der Waals surface area contributed by atoms with Crippen LogP contribution >= 0.6 is 23.2 Å². The van der Waals surface area contributed by atoms with Crippen LogP contribution in [0.2, 0.25) is 10.0 Å². The molecular weight excluding hydrogens is 499 g/mol. The van der Waals surface area contributed by atoms with Gasteiger partial charge in [-0.15, -0.1) is 0 Å². The van der Waals surface area contributed by atoms with E-state index in [2.05, 4.69) is 0 Å². The van der Waals surface area contributed by atoms with Crippen LogP contribution < -0.4 is 24.8 Å². The minimum atomic E-state index is -0.307. The largest absolute Gasteiger partial charge is 0.497 e. The lowest BCUT2D eigenvalue weighted by Crippen LogP contribution is -2.42. The molecule has 1 heterocycles. The molecule has 1 aliphatic rings. The molecule has 0 spiro atoms. The maximum absolute atomic E-state index is 13.4. The molecule has 1 amide bonds. The minimum Gasteiger partial charge on any atom is -0.497 e. The van der Waals surface area contributed by atoms with Gasteiger partial charge in [0.15, 0.2) is 5.75 Å². The van der Waals surface area contributed by atoms with Crippen LogP contribution in [0.25, 0.3) is 0 Å². The number of para-hydroxylation sites is 1. The maximum Gasteiger partial charge on any atom is 0.231 e. The molecule has 1 aliphatic heterocycles. The second kappa shape index (κ2) is 12.3.